The Balaban J connectivity index is 1.72. The molecule has 0 radical (unpaired) electrons. The van der Waals surface area contributed by atoms with Gasteiger partial charge >= 0.3 is 0 Å². The summed E-state index contributed by atoms with van der Waals surface area (Å²) >= 11 is 0. The van der Waals surface area contributed by atoms with Gasteiger partial charge in [-0.05, 0) is 56.3 Å². The van der Waals surface area contributed by atoms with Gasteiger partial charge in [-0.15, -0.1) is 0 Å². The van der Waals surface area contributed by atoms with E-state index in [0.29, 0.717) is 24.4 Å². The Morgan fingerprint density at radius 1 is 1.23 bits per heavy atom. The molecule has 1 heterocycles. The lowest BCUT2D eigenvalue weighted by Crippen LogP contribution is -2.30. The molecule has 3 rings (SSSR count). The molecule has 5 heteroatoms. The van der Waals surface area contributed by atoms with Crippen LogP contribution in [0.2, 0.25) is 0 Å². The molecule has 1 aromatic carbocycles. The molecule has 144 valence electrons. The molecule has 0 spiro atoms. The highest BCUT2D eigenvalue weighted by Crippen LogP contribution is 2.38. The first-order chi connectivity index (χ1) is 12.6. The quantitative estimate of drug-likeness (QED) is 0.811. The van der Waals surface area contributed by atoms with Crippen LogP contribution in [0.4, 0.5) is 0 Å². The van der Waals surface area contributed by atoms with Crippen LogP contribution in [0.15, 0.2) is 18.2 Å². The van der Waals surface area contributed by atoms with Crippen LogP contribution in [-0.2, 0) is 4.79 Å². The van der Waals surface area contributed by atoms with E-state index in [1.54, 1.807) is 7.11 Å². The number of rotatable bonds is 7. The zero-order valence-corrected chi connectivity index (χ0v) is 16.3. The van der Waals surface area contributed by atoms with Gasteiger partial charge in [0, 0.05) is 32.0 Å². The van der Waals surface area contributed by atoms with Gasteiger partial charge in [-0.1, -0.05) is 13.0 Å². The second-order valence-electron chi connectivity index (χ2n) is 7.67. The number of hydrogen-bond acceptors (Lipinski definition) is 4. The Morgan fingerprint density at radius 2 is 2.00 bits per heavy atom. The minimum absolute atomic E-state index is 0.240. The summed E-state index contributed by atoms with van der Waals surface area (Å²) < 4.78 is 11.8. The average Bonchev–Trinajstić information content (AvgIpc) is 3.29. The van der Waals surface area contributed by atoms with Crippen LogP contribution in [-0.4, -0.2) is 50.7 Å². The van der Waals surface area contributed by atoms with Gasteiger partial charge in [-0.2, -0.15) is 0 Å². The predicted octanol–water partition coefficient (Wildman–Crippen LogP) is 3.19. The first kappa shape index (κ1) is 19.0. The molecule has 2 fully saturated rings. The summed E-state index contributed by atoms with van der Waals surface area (Å²) in [6.07, 6.45) is 5.61. The number of nitrogens with zero attached hydrogens (tertiary/aromatic N) is 1. The van der Waals surface area contributed by atoms with E-state index in [0.717, 1.165) is 44.0 Å². The maximum atomic E-state index is 12.4. The second kappa shape index (κ2) is 8.76. The monoisotopic (exact) mass is 360 g/mol. The number of ether oxygens (including phenoxy) is 2. The molecule has 0 aromatic heterocycles. The first-order valence-electron chi connectivity index (χ1n) is 9.89. The molecule has 2 atom stereocenters. The third-order valence-electron chi connectivity index (χ3n) is 5.77. The van der Waals surface area contributed by atoms with Crippen molar-refractivity contribution in [2.24, 2.45) is 5.92 Å². The number of carbonyl (C=O) groups is 1. The van der Waals surface area contributed by atoms with Crippen LogP contribution in [0.3, 0.4) is 0 Å². The van der Waals surface area contributed by atoms with E-state index in [4.69, 9.17) is 9.47 Å². The Morgan fingerprint density at radius 3 is 2.69 bits per heavy atom. The smallest absolute Gasteiger partial charge is 0.223 e. The molecule has 26 heavy (non-hydrogen) atoms. The van der Waals surface area contributed by atoms with Gasteiger partial charge in [0.05, 0.1) is 13.2 Å². The van der Waals surface area contributed by atoms with Gasteiger partial charge < -0.3 is 19.7 Å². The molecule has 1 saturated heterocycles. The molecule has 2 aliphatic rings. The zero-order chi connectivity index (χ0) is 18.5. The minimum atomic E-state index is 0.240. The molecule has 0 unspecified atom stereocenters. The number of hydrogen-bond donors (Lipinski definition) is 1. The fraction of sp³-hybridized carbons (Fsp3) is 0.667. The molecule has 1 N–H and O–H groups in total. The van der Waals surface area contributed by atoms with Crippen molar-refractivity contribution in [3.05, 3.63) is 23.8 Å². The standard InChI is InChI=1S/C21H32N2O3/c1-15-13-23(21(24)10-11-22-2)14-18(15)16-8-9-19(25-3)20(12-16)26-17-6-4-5-7-17/h8-9,12,15,17-18,22H,4-7,10-11,13-14H2,1-3H3/t15-,18+/m0/s1. The second-order valence-corrected chi connectivity index (χ2v) is 7.67. The highest BCUT2D eigenvalue weighted by molar-refractivity contribution is 5.76. The number of carbonyl (C=O) groups excluding carboxylic acids is 1. The van der Waals surface area contributed by atoms with Gasteiger partial charge in [-0.3, -0.25) is 4.79 Å². The highest BCUT2D eigenvalue weighted by Gasteiger charge is 2.33. The lowest BCUT2D eigenvalue weighted by Gasteiger charge is -2.20. The molecule has 1 aliphatic heterocycles. The van der Waals surface area contributed by atoms with Gasteiger partial charge in [0.15, 0.2) is 11.5 Å². The van der Waals surface area contributed by atoms with Crippen molar-refractivity contribution in [3.8, 4) is 11.5 Å². The van der Waals surface area contributed by atoms with Crippen molar-refractivity contribution in [1.82, 2.24) is 10.2 Å². The van der Waals surface area contributed by atoms with Crippen molar-refractivity contribution in [3.63, 3.8) is 0 Å². The zero-order valence-electron chi connectivity index (χ0n) is 16.3. The SMILES string of the molecule is CNCCC(=O)N1C[C@H](C)[C@H](c2ccc(OC)c(OC3CCCC3)c2)C1. The van der Waals surface area contributed by atoms with Crippen LogP contribution in [0.5, 0.6) is 11.5 Å². The topological polar surface area (TPSA) is 50.8 Å². The fourth-order valence-corrected chi connectivity index (χ4v) is 4.20. The van der Waals surface area contributed by atoms with Crippen molar-refractivity contribution in [2.45, 2.75) is 51.0 Å². The molecule has 1 aliphatic carbocycles. The Hall–Kier alpha value is -1.75. The van der Waals surface area contributed by atoms with Crippen molar-refractivity contribution >= 4 is 5.91 Å². The molecule has 5 nitrogen and oxygen atoms in total. The van der Waals surface area contributed by atoms with E-state index in [1.165, 1.54) is 18.4 Å². The number of nitrogens with one attached hydrogen (secondary N) is 1. The minimum Gasteiger partial charge on any atom is -0.493 e. The largest absolute Gasteiger partial charge is 0.493 e. The van der Waals surface area contributed by atoms with Crippen LogP contribution >= 0.6 is 0 Å². The number of amides is 1. The van der Waals surface area contributed by atoms with E-state index in [9.17, 15) is 4.79 Å². The van der Waals surface area contributed by atoms with Gasteiger partial charge in [0.1, 0.15) is 0 Å². The average molecular weight is 360 g/mol. The molecular formula is C21H32N2O3. The fourth-order valence-electron chi connectivity index (χ4n) is 4.20. The van der Waals surface area contributed by atoms with Crippen LogP contribution in [0.1, 0.15) is 50.5 Å². The van der Waals surface area contributed by atoms with Crippen molar-refractivity contribution < 1.29 is 14.3 Å². The summed E-state index contributed by atoms with van der Waals surface area (Å²) in [5, 5.41) is 3.05. The summed E-state index contributed by atoms with van der Waals surface area (Å²) in [6, 6.07) is 6.28. The maximum Gasteiger partial charge on any atom is 0.223 e. The Bertz CT molecular complexity index is 613. The lowest BCUT2D eigenvalue weighted by atomic mass is 9.90. The van der Waals surface area contributed by atoms with Crippen LogP contribution in [0.25, 0.3) is 0 Å². The van der Waals surface area contributed by atoms with E-state index < -0.39 is 0 Å². The van der Waals surface area contributed by atoms with E-state index >= 15 is 0 Å². The lowest BCUT2D eigenvalue weighted by molar-refractivity contribution is -0.130. The number of benzene rings is 1. The first-order valence-corrected chi connectivity index (χ1v) is 9.89. The summed E-state index contributed by atoms with van der Waals surface area (Å²) in [5.74, 6) is 2.69. The third-order valence-corrected chi connectivity index (χ3v) is 5.77. The van der Waals surface area contributed by atoms with Crippen LogP contribution < -0.4 is 14.8 Å². The van der Waals surface area contributed by atoms with Gasteiger partial charge in [0.2, 0.25) is 5.91 Å². The summed E-state index contributed by atoms with van der Waals surface area (Å²) in [5.41, 5.74) is 1.25. The Kier molecular flexibility index (Phi) is 6.41. The molecule has 1 aromatic rings. The molecule has 1 saturated carbocycles. The number of methoxy groups -OCH3 is 1. The van der Waals surface area contributed by atoms with E-state index in [-0.39, 0.29) is 5.91 Å². The maximum absolute atomic E-state index is 12.4. The molecule has 1 amide bonds. The van der Waals surface area contributed by atoms with Crippen molar-refractivity contribution in [1.29, 1.82) is 0 Å². The number of likely N-dealkylation sites (tertiary alicyclic amines) is 1. The van der Waals surface area contributed by atoms with E-state index in [1.807, 2.05) is 18.0 Å². The summed E-state index contributed by atoms with van der Waals surface area (Å²) in [6.45, 7) is 4.59. The molecule has 0 bridgehead atoms. The van der Waals surface area contributed by atoms with Gasteiger partial charge in [0.25, 0.3) is 0 Å². The normalized spacial score (nSPS) is 23.4. The Labute approximate surface area is 157 Å². The highest BCUT2D eigenvalue weighted by atomic mass is 16.5. The molecular weight excluding hydrogens is 328 g/mol. The third kappa shape index (κ3) is 4.32. The summed E-state index contributed by atoms with van der Waals surface area (Å²) in [7, 11) is 3.57. The van der Waals surface area contributed by atoms with Gasteiger partial charge in [-0.25, -0.2) is 0 Å². The van der Waals surface area contributed by atoms with Crippen molar-refractivity contribution in [2.75, 3.05) is 33.8 Å². The van der Waals surface area contributed by atoms with Crippen LogP contribution in [0, 0.1) is 5.92 Å². The van der Waals surface area contributed by atoms with E-state index in [2.05, 4.69) is 24.4 Å². The predicted molar refractivity (Wildman–Crippen MR) is 103 cm³/mol. The summed E-state index contributed by atoms with van der Waals surface area (Å²) in [4.78, 5) is 14.4.